The highest BCUT2D eigenvalue weighted by atomic mass is 15.2. The van der Waals surface area contributed by atoms with Gasteiger partial charge in [-0.25, -0.2) is 0 Å². The summed E-state index contributed by atoms with van der Waals surface area (Å²) in [5, 5.41) is 0. The molecular weight excluding hydrogens is 593 g/mol. The van der Waals surface area contributed by atoms with Gasteiger partial charge in [0.25, 0.3) is 0 Å². The van der Waals surface area contributed by atoms with E-state index >= 15 is 0 Å². The van der Waals surface area contributed by atoms with E-state index in [-0.39, 0.29) is 0 Å². The first-order valence-corrected chi connectivity index (χ1v) is 16.8. The lowest BCUT2D eigenvalue weighted by atomic mass is 9.64. The van der Waals surface area contributed by atoms with Gasteiger partial charge in [0.2, 0.25) is 0 Å². The molecule has 1 heterocycles. The van der Waals surface area contributed by atoms with E-state index in [1.807, 2.05) is 18.2 Å². The SMILES string of the molecule is N\C=C(/C=C\C=C1/C=CC=C1c1ccc2c(c1)C1(c3ccccc3-2)c2ccccc2N(c2ccccc2)c2ccccc21)c1ccccc1. The molecular formula is C47H34N2. The summed E-state index contributed by atoms with van der Waals surface area (Å²) >= 11 is 0. The maximum Gasteiger partial charge on any atom is 0.0754 e. The van der Waals surface area contributed by atoms with Gasteiger partial charge in [0, 0.05) is 11.9 Å². The first kappa shape index (κ1) is 28.8. The Hall–Kier alpha value is -6.38. The number of anilines is 3. The molecule has 49 heavy (non-hydrogen) atoms. The summed E-state index contributed by atoms with van der Waals surface area (Å²) in [5.41, 5.74) is 22.6. The normalized spacial score (nSPS) is 16.1. The van der Waals surface area contributed by atoms with Gasteiger partial charge in [-0.15, -0.1) is 0 Å². The molecule has 1 spiro atoms. The van der Waals surface area contributed by atoms with Gasteiger partial charge < -0.3 is 10.6 Å². The van der Waals surface area contributed by atoms with Crippen molar-refractivity contribution in [2.24, 2.45) is 5.73 Å². The molecule has 0 amide bonds. The monoisotopic (exact) mass is 626 g/mol. The number of benzene rings is 6. The molecule has 0 fully saturated rings. The number of para-hydroxylation sites is 3. The quantitative estimate of drug-likeness (QED) is 0.193. The third-order valence-electron chi connectivity index (χ3n) is 10.2. The van der Waals surface area contributed by atoms with E-state index in [2.05, 4.69) is 175 Å². The molecule has 0 unspecified atom stereocenters. The van der Waals surface area contributed by atoms with Crippen LogP contribution in [0.5, 0.6) is 0 Å². The van der Waals surface area contributed by atoms with Gasteiger partial charge in [0.1, 0.15) is 0 Å². The molecule has 2 aliphatic carbocycles. The zero-order chi connectivity index (χ0) is 32.8. The summed E-state index contributed by atoms with van der Waals surface area (Å²) in [6.45, 7) is 0. The molecule has 0 aromatic heterocycles. The number of allylic oxidation sites excluding steroid dienone is 9. The second kappa shape index (κ2) is 11.7. The molecule has 0 saturated carbocycles. The number of fused-ring (bicyclic) bond motifs is 9. The average molecular weight is 627 g/mol. The van der Waals surface area contributed by atoms with E-state index in [9.17, 15) is 0 Å². The maximum absolute atomic E-state index is 6.02. The van der Waals surface area contributed by atoms with Gasteiger partial charge in [-0.1, -0.05) is 158 Å². The molecule has 0 saturated heterocycles. The minimum Gasteiger partial charge on any atom is -0.404 e. The van der Waals surface area contributed by atoms with Crippen molar-refractivity contribution in [3.05, 3.63) is 233 Å². The summed E-state index contributed by atoms with van der Waals surface area (Å²) in [7, 11) is 0. The summed E-state index contributed by atoms with van der Waals surface area (Å²) in [6, 6.07) is 55.0. The van der Waals surface area contributed by atoms with Crippen LogP contribution in [0.1, 0.15) is 33.4 Å². The highest BCUT2D eigenvalue weighted by Crippen LogP contribution is 2.63. The average Bonchev–Trinajstić information content (AvgIpc) is 3.75. The van der Waals surface area contributed by atoms with E-state index in [0.717, 1.165) is 16.8 Å². The molecule has 2 N–H and O–H groups in total. The number of hydrogen-bond acceptors (Lipinski definition) is 2. The Morgan fingerprint density at radius 2 is 1.20 bits per heavy atom. The van der Waals surface area contributed by atoms with E-state index in [4.69, 9.17) is 5.73 Å². The van der Waals surface area contributed by atoms with Gasteiger partial charge in [0.15, 0.2) is 0 Å². The van der Waals surface area contributed by atoms with Gasteiger partial charge in [-0.3, -0.25) is 0 Å². The standard InChI is InChI=1S/C47H34N2/c48-32-36(33-15-3-1-4-16-33)19-13-17-34-18-14-23-38(34)35-29-30-40-39-22-7-8-24-41(39)47(44(40)31-35)42-25-9-11-27-45(42)49(37-20-5-2-6-21-37)46-28-12-10-26-43(46)47/h1-32H,48H2/b19-13-,34-17+,36-32+. The zero-order valence-electron chi connectivity index (χ0n) is 27.0. The van der Waals surface area contributed by atoms with Crippen LogP contribution in [0.15, 0.2) is 200 Å². The lowest BCUT2D eigenvalue weighted by Crippen LogP contribution is -2.36. The van der Waals surface area contributed by atoms with Crippen molar-refractivity contribution in [1.82, 2.24) is 0 Å². The van der Waals surface area contributed by atoms with E-state index in [0.29, 0.717) is 0 Å². The molecule has 6 aromatic carbocycles. The van der Waals surface area contributed by atoms with Crippen LogP contribution in [0, 0.1) is 0 Å². The van der Waals surface area contributed by atoms with Crippen LogP contribution in [0.4, 0.5) is 17.1 Å². The van der Waals surface area contributed by atoms with Crippen molar-refractivity contribution in [3.63, 3.8) is 0 Å². The number of hydrogen-bond donors (Lipinski definition) is 1. The van der Waals surface area contributed by atoms with Crippen molar-refractivity contribution >= 4 is 28.2 Å². The Morgan fingerprint density at radius 3 is 1.92 bits per heavy atom. The van der Waals surface area contributed by atoms with Crippen molar-refractivity contribution in [3.8, 4) is 11.1 Å². The number of nitrogens with zero attached hydrogens (tertiary/aromatic N) is 1. The van der Waals surface area contributed by atoms with Crippen LogP contribution in [-0.2, 0) is 5.41 Å². The lowest BCUT2D eigenvalue weighted by molar-refractivity contribution is 0.752. The molecule has 232 valence electrons. The molecule has 2 nitrogen and oxygen atoms in total. The van der Waals surface area contributed by atoms with Crippen LogP contribution in [-0.4, -0.2) is 0 Å². The third-order valence-corrected chi connectivity index (χ3v) is 10.2. The molecule has 0 bridgehead atoms. The Kier molecular flexibility index (Phi) is 6.88. The van der Waals surface area contributed by atoms with Gasteiger partial charge in [-0.05, 0) is 91.6 Å². The van der Waals surface area contributed by atoms with E-state index < -0.39 is 5.41 Å². The van der Waals surface area contributed by atoms with Crippen molar-refractivity contribution in [2.45, 2.75) is 5.41 Å². The summed E-state index contributed by atoms with van der Waals surface area (Å²) < 4.78 is 0. The van der Waals surface area contributed by atoms with E-state index in [1.54, 1.807) is 6.20 Å². The first-order chi connectivity index (χ1) is 24.3. The lowest BCUT2D eigenvalue weighted by Gasteiger charge is -2.45. The fourth-order valence-electron chi connectivity index (χ4n) is 8.11. The number of nitrogens with two attached hydrogens (primary N) is 1. The first-order valence-electron chi connectivity index (χ1n) is 16.8. The summed E-state index contributed by atoms with van der Waals surface area (Å²) in [5.74, 6) is 0. The minimum absolute atomic E-state index is 0.479. The van der Waals surface area contributed by atoms with Gasteiger partial charge >= 0.3 is 0 Å². The fourth-order valence-corrected chi connectivity index (χ4v) is 8.11. The molecule has 0 radical (unpaired) electrons. The third kappa shape index (κ3) is 4.42. The molecule has 2 heteroatoms. The van der Waals surface area contributed by atoms with Crippen LogP contribution in [0.2, 0.25) is 0 Å². The molecule has 9 rings (SSSR count). The highest BCUT2D eigenvalue weighted by Gasteiger charge is 2.51. The Labute approximate surface area is 287 Å². The predicted octanol–water partition coefficient (Wildman–Crippen LogP) is 11.3. The Morgan fingerprint density at radius 1 is 0.592 bits per heavy atom. The highest BCUT2D eigenvalue weighted by molar-refractivity contribution is 5.97. The molecule has 6 aromatic rings. The smallest absolute Gasteiger partial charge is 0.0754 e. The maximum atomic E-state index is 6.02. The summed E-state index contributed by atoms with van der Waals surface area (Å²) in [6.07, 6.45) is 14.6. The van der Waals surface area contributed by atoms with Crippen LogP contribution in [0.3, 0.4) is 0 Å². The Balaban J connectivity index is 1.22. The van der Waals surface area contributed by atoms with Crippen molar-refractivity contribution in [2.75, 3.05) is 4.90 Å². The topological polar surface area (TPSA) is 29.3 Å². The van der Waals surface area contributed by atoms with Crippen LogP contribution >= 0.6 is 0 Å². The second-order valence-electron chi connectivity index (χ2n) is 12.7. The fraction of sp³-hybridized carbons (Fsp3) is 0.0213. The van der Waals surface area contributed by atoms with E-state index in [1.165, 1.54) is 61.5 Å². The molecule has 3 aliphatic rings. The van der Waals surface area contributed by atoms with Crippen molar-refractivity contribution in [1.29, 1.82) is 0 Å². The zero-order valence-corrected chi connectivity index (χ0v) is 27.0. The second-order valence-corrected chi connectivity index (χ2v) is 12.7. The van der Waals surface area contributed by atoms with Gasteiger partial charge in [0.05, 0.1) is 16.8 Å². The molecule has 1 aliphatic heterocycles. The Bertz CT molecular complexity index is 2340. The number of rotatable bonds is 5. The van der Waals surface area contributed by atoms with Crippen LogP contribution in [0.25, 0.3) is 22.3 Å². The predicted molar refractivity (Wildman–Crippen MR) is 205 cm³/mol. The van der Waals surface area contributed by atoms with Gasteiger partial charge in [-0.2, -0.15) is 0 Å². The van der Waals surface area contributed by atoms with Crippen LogP contribution < -0.4 is 10.6 Å². The molecule has 0 atom stereocenters. The summed E-state index contributed by atoms with van der Waals surface area (Å²) in [4.78, 5) is 2.43. The largest absolute Gasteiger partial charge is 0.404 e. The minimum atomic E-state index is -0.479. The van der Waals surface area contributed by atoms with Crippen molar-refractivity contribution < 1.29 is 0 Å².